The van der Waals surface area contributed by atoms with E-state index < -0.39 is 28.2 Å². The number of H-pyrrole nitrogens is 1. The van der Waals surface area contributed by atoms with E-state index in [0.717, 1.165) is 6.07 Å². The van der Waals surface area contributed by atoms with Gasteiger partial charge in [-0.3, -0.25) is 4.79 Å². The molecule has 1 aromatic heterocycles. The fraction of sp³-hybridized carbons (Fsp3) is 0.143. The number of methoxy groups -OCH3 is 1. The molecule has 2 N–H and O–H groups in total. The number of halogens is 4. The number of carbonyl (C=O) groups is 1. The van der Waals surface area contributed by atoms with Gasteiger partial charge in [-0.1, -0.05) is 29.4 Å². The van der Waals surface area contributed by atoms with Crippen molar-refractivity contribution in [2.75, 3.05) is 7.11 Å². The summed E-state index contributed by atoms with van der Waals surface area (Å²) in [5, 5.41) is 5.53. The van der Waals surface area contributed by atoms with Crippen LogP contribution in [0.25, 0.3) is 0 Å². The summed E-state index contributed by atoms with van der Waals surface area (Å²) in [4.78, 5) is 25.0. The summed E-state index contributed by atoms with van der Waals surface area (Å²) in [5.74, 6) is -1.28. The minimum atomic E-state index is -3.87. The summed E-state index contributed by atoms with van der Waals surface area (Å²) in [7, 11) is 1.37. The quantitative estimate of drug-likeness (QED) is 0.742. The van der Waals surface area contributed by atoms with Crippen LogP contribution < -0.4 is 10.3 Å². The molecule has 10 heteroatoms. The Hall–Kier alpha value is -1.77. The van der Waals surface area contributed by atoms with E-state index in [4.69, 9.17) is 27.9 Å². The molecule has 1 aromatic carbocycles. The number of alkyl halides is 3. The zero-order valence-corrected chi connectivity index (χ0v) is 14.2. The van der Waals surface area contributed by atoms with Gasteiger partial charge in [0.15, 0.2) is 0 Å². The second-order valence-corrected chi connectivity index (χ2v) is 6.36. The molecular formula is C14H9Cl2F2NO4S. The average molecular weight is 396 g/mol. The predicted octanol–water partition coefficient (Wildman–Crippen LogP) is 4.17. The molecule has 0 amide bonds. The van der Waals surface area contributed by atoms with Gasteiger partial charge in [-0.2, -0.15) is 8.78 Å². The van der Waals surface area contributed by atoms with E-state index in [9.17, 15) is 23.5 Å². The molecule has 0 radical (unpaired) electrons. The van der Waals surface area contributed by atoms with Crippen molar-refractivity contribution in [2.24, 2.45) is 0 Å². The molecule has 0 saturated heterocycles. The normalized spacial score (nSPS) is 11.4. The fourth-order valence-electron chi connectivity index (χ4n) is 1.83. The van der Waals surface area contributed by atoms with Gasteiger partial charge in [0.2, 0.25) is 0 Å². The topological polar surface area (TPSA) is 79.4 Å². The van der Waals surface area contributed by atoms with Crippen LogP contribution in [0.4, 0.5) is 8.78 Å². The number of benzene rings is 1. The number of carboxylic acids is 1. The zero-order valence-electron chi connectivity index (χ0n) is 11.9. The van der Waals surface area contributed by atoms with Crippen molar-refractivity contribution in [3.05, 3.63) is 50.9 Å². The minimum absolute atomic E-state index is 0.204. The summed E-state index contributed by atoms with van der Waals surface area (Å²) in [6.07, 6.45) is 0. The first-order valence-electron chi connectivity index (χ1n) is 6.23. The Morgan fingerprint density at radius 1 is 1.42 bits per heavy atom. The second-order valence-electron chi connectivity index (χ2n) is 4.43. The molecule has 0 fully saturated rings. The molecule has 0 bridgehead atoms. The number of aromatic carboxylic acids is 1. The highest BCUT2D eigenvalue weighted by molar-refractivity contribution is 7.99. The van der Waals surface area contributed by atoms with Crippen LogP contribution in [0.1, 0.15) is 16.1 Å². The first-order chi connectivity index (χ1) is 11.1. The van der Waals surface area contributed by atoms with E-state index in [1.807, 2.05) is 0 Å². The number of hydrogen-bond donors (Lipinski definition) is 2. The molecule has 0 atom stereocenters. The maximum atomic E-state index is 13.3. The molecule has 0 saturated carbocycles. The van der Waals surface area contributed by atoms with Crippen molar-refractivity contribution in [3.8, 4) is 5.75 Å². The molecule has 0 unspecified atom stereocenters. The van der Waals surface area contributed by atoms with E-state index in [2.05, 4.69) is 0 Å². The smallest absolute Gasteiger partial charge is 0.362 e. The number of rotatable bonds is 5. The van der Waals surface area contributed by atoms with Gasteiger partial charge in [0, 0.05) is 4.90 Å². The second kappa shape index (κ2) is 7.00. The van der Waals surface area contributed by atoms with Gasteiger partial charge in [-0.25, -0.2) is 4.79 Å². The van der Waals surface area contributed by atoms with Gasteiger partial charge in [0.1, 0.15) is 17.0 Å². The fourth-order valence-corrected chi connectivity index (χ4v) is 3.31. The standard InChI is InChI=1S/C14H9Cl2F2NO4S/c1-23-7-4-2-3-6(15)11(7)24-8-5-9(14(16,17)18)19-12(20)10(8)13(21)22/h2-5H,1H3,(H,19,20)(H,21,22). The molecule has 1 heterocycles. The summed E-state index contributed by atoms with van der Waals surface area (Å²) in [5.41, 5.74) is -2.83. The predicted molar refractivity (Wildman–Crippen MR) is 85.9 cm³/mol. The lowest BCUT2D eigenvalue weighted by atomic mass is 10.2. The molecule has 2 rings (SSSR count). The van der Waals surface area contributed by atoms with Crippen LogP contribution in [0.15, 0.2) is 38.9 Å². The van der Waals surface area contributed by atoms with Crippen molar-refractivity contribution in [2.45, 2.75) is 15.2 Å². The Bertz CT molecular complexity index is 852. The monoisotopic (exact) mass is 395 g/mol. The van der Waals surface area contributed by atoms with Gasteiger partial charge >= 0.3 is 11.4 Å². The third kappa shape index (κ3) is 3.82. The van der Waals surface area contributed by atoms with Crippen molar-refractivity contribution < 1.29 is 23.4 Å². The van der Waals surface area contributed by atoms with Crippen LogP contribution in [0, 0.1) is 0 Å². The summed E-state index contributed by atoms with van der Waals surface area (Å²) < 4.78 is 31.7. The Balaban J connectivity index is 2.67. The maximum absolute atomic E-state index is 13.3. The summed E-state index contributed by atoms with van der Waals surface area (Å²) >= 11 is 11.7. The van der Waals surface area contributed by atoms with Gasteiger partial charge in [-0.05, 0) is 29.8 Å². The Kier molecular flexibility index (Phi) is 5.42. The molecule has 5 nitrogen and oxygen atoms in total. The van der Waals surface area contributed by atoms with Gasteiger partial charge in [-0.15, -0.1) is 0 Å². The number of hydrogen-bond acceptors (Lipinski definition) is 4. The van der Waals surface area contributed by atoms with E-state index in [0.29, 0.717) is 17.5 Å². The van der Waals surface area contributed by atoms with E-state index >= 15 is 0 Å². The van der Waals surface area contributed by atoms with Crippen LogP contribution >= 0.6 is 35.0 Å². The number of aromatic nitrogens is 1. The van der Waals surface area contributed by atoms with Crippen LogP contribution in [0.3, 0.4) is 0 Å². The Morgan fingerprint density at radius 3 is 2.62 bits per heavy atom. The lowest BCUT2D eigenvalue weighted by Crippen LogP contribution is -2.23. The first-order valence-corrected chi connectivity index (χ1v) is 7.80. The van der Waals surface area contributed by atoms with Gasteiger partial charge in [0.05, 0.1) is 17.0 Å². The molecule has 0 aliphatic carbocycles. The third-order valence-corrected chi connectivity index (χ3v) is 4.68. The Labute approximate surface area is 148 Å². The lowest BCUT2D eigenvalue weighted by Gasteiger charge is -2.14. The highest BCUT2D eigenvalue weighted by Crippen LogP contribution is 2.42. The van der Waals surface area contributed by atoms with Crippen LogP contribution in [-0.4, -0.2) is 23.2 Å². The molecule has 0 spiro atoms. The van der Waals surface area contributed by atoms with Crippen molar-refractivity contribution in [3.63, 3.8) is 0 Å². The molecule has 2 aromatic rings. The molecule has 128 valence electrons. The Morgan fingerprint density at radius 2 is 2.08 bits per heavy atom. The first kappa shape index (κ1) is 18.6. The molecule has 24 heavy (non-hydrogen) atoms. The number of aromatic amines is 1. The van der Waals surface area contributed by atoms with E-state index in [1.54, 1.807) is 17.1 Å². The largest absolute Gasteiger partial charge is 0.496 e. The van der Waals surface area contributed by atoms with Crippen molar-refractivity contribution >= 4 is 40.9 Å². The highest BCUT2D eigenvalue weighted by Gasteiger charge is 2.32. The molecule has 0 aliphatic heterocycles. The maximum Gasteiger partial charge on any atom is 0.362 e. The van der Waals surface area contributed by atoms with Gasteiger partial charge in [0.25, 0.3) is 5.56 Å². The van der Waals surface area contributed by atoms with Crippen LogP contribution in [0.2, 0.25) is 5.02 Å². The third-order valence-electron chi connectivity index (χ3n) is 2.88. The number of nitrogens with one attached hydrogen (secondary N) is 1. The van der Waals surface area contributed by atoms with Crippen molar-refractivity contribution in [1.82, 2.24) is 4.98 Å². The van der Waals surface area contributed by atoms with Gasteiger partial charge < -0.3 is 14.8 Å². The van der Waals surface area contributed by atoms with E-state index in [-0.39, 0.29) is 14.8 Å². The molecular weight excluding hydrogens is 387 g/mol. The van der Waals surface area contributed by atoms with Crippen molar-refractivity contribution in [1.29, 1.82) is 0 Å². The molecule has 0 aliphatic rings. The lowest BCUT2D eigenvalue weighted by molar-refractivity contribution is 0.0686. The highest BCUT2D eigenvalue weighted by atomic mass is 35.5. The summed E-state index contributed by atoms with van der Waals surface area (Å²) in [6, 6.07) is 5.46. The number of carboxylic acid groups (broad SMARTS) is 1. The van der Waals surface area contributed by atoms with Crippen LogP contribution in [0.5, 0.6) is 5.75 Å². The SMILES string of the molecule is COc1cccc(Cl)c1Sc1cc(C(F)(F)Cl)[nH]c(=O)c1C(=O)O. The van der Waals surface area contributed by atoms with E-state index in [1.165, 1.54) is 13.2 Å². The summed E-state index contributed by atoms with van der Waals surface area (Å²) in [6.45, 7) is 0. The minimum Gasteiger partial charge on any atom is -0.496 e. The number of pyridine rings is 1. The van der Waals surface area contributed by atoms with Crippen LogP contribution in [-0.2, 0) is 5.38 Å². The zero-order chi connectivity index (χ0) is 18.1. The average Bonchev–Trinajstić information content (AvgIpc) is 2.47. The number of ether oxygens (including phenoxy) is 1.